The second-order valence-electron chi connectivity index (χ2n) is 4.59. The summed E-state index contributed by atoms with van der Waals surface area (Å²) in [7, 11) is 0. The first-order chi connectivity index (χ1) is 6.95. The van der Waals surface area contributed by atoms with Crippen LogP contribution in [-0.2, 0) is 5.41 Å². The van der Waals surface area contributed by atoms with E-state index in [9.17, 15) is 0 Å². The van der Waals surface area contributed by atoms with Gasteiger partial charge in [-0.2, -0.15) is 0 Å². The molecule has 0 bridgehead atoms. The molecule has 0 atom stereocenters. The van der Waals surface area contributed by atoms with Crippen LogP contribution in [0.5, 0.6) is 0 Å². The zero-order valence-corrected chi connectivity index (χ0v) is 9.91. The van der Waals surface area contributed by atoms with Gasteiger partial charge in [-0.25, -0.2) is 9.97 Å². The zero-order valence-electron chi connectivity index (χ0n) is 9.91. The van der Waals surface area contributed by atoms with Gasteiger partial charge in [0.05, 0.1) is 17.6 Å². The summed E-state index contributed by atoms with van der Waals surface area (Å²) in [5.74, 6) is 0.826. The van der Waals surface area contributed by atoms with Gasteiger partial charge in [0.1, 0.15) is 5.82 Å². The number of nitrogens with two attached hydrogens (primary N) is 1. The SMILES string of the molecule is CCC=Cc1nc(C(C)(C)C)ncc1N. The van der Waals surface area contributed by atoms with Crippen LogP contribution in [0.15, 0.2) is 12.3 Å². The van der Waals surface area contributed by atoms with E-state index in [-0.39, 0.29) is 5.41 Å². The topological polar surface area (TPSA) is 51.8 Å². The molecule has 0 amide bonds. The minimum atomic E-state index is -0.0392. The van der Waals surface area contributed by atoms with Crippen LogP contribution < -0.4 is 5.73 Å². The third-order valence-electron chi connectivity index (χ3n) is 2.03. The molecule has 3 nitrogen and oxygen atoms in total. The van der Waals surface area contributed by atoms with Crippen molar-refractivity contribution in [3.05, 3.63) is 23.8 Å². The molecule has 0 fully saturated rings. The Morgan fingerprint density at radius 2 is 2.07 bits per heavy atom. The number of anilines is 1. The Morgan fingerprint density at radius 1 is 1.40 bits per heavy atom. The fourth-order valence-corrected chi connectivity index (χ4v) is 1.13. The van der Waals surface area contributed by atoms with Crippen LogP contribution >= 0.6 is 0 Å². The van der Waals surface area contributed by atoms with Crippen molar-refractivity contribution in [2.75, 3.05) is 5.73 Å². The first-order valence-electron chi connectivity index (χ1n) is 5.24. The lowest BCUT2D eigenvalue weighted by molar-refractivity contribution is 0.545. The molecule has 0 aromatic carbocycles. The summed E-state index contributed by atoms with van der Waals surface area (Å²) < 4.78 is 0. The maximum absolute atomic E-state index is 5.80. The van der Waals surface area contributed by atoms with Gasteiger partial charge in [0, 0.05) is 5.41 Å². The van der Waals surface area contributed by atoms with Crippen molar-refractivity contribution in [2.45, 2.75) is 39.5 Å². The fourth-order valence-electron chi connectivity index (χ4n) is 1.13. The quantitative estimate of drug-likeness (QED) is 0.807. The first kappa shape index (κ1) is 11.7. The molecule has 1 rings (SSSR count). The molecule has 0 saturated heterocycles. The molecule has 2 N–H and O–H groups in total. The average Bonchev–Trinajstić information content (AvgIpc) is 2.15. The van der Waals surface area contributed by atoms with E-state index in [4.69, 9.17) is 5.73 Å². The van der Waals surface area contributed by atoms with Gasteiger partial charge >= 0.3 is 0 Å². The minimum absolute atomic E-state index is 0.0392. The Hall–Kier alpha value is -1.38. The van der Waals surface area contributed by atoms with Gasteiger partial charge in [0.25, 0.3) is 0 Å². The van der Waals surface area contributed by atoms with Gasteiger partial charge in [0.2, 0.25) is 0 Å². The average molecular weight is 205 g/mol. The summed E-state index contributed by atoms with van der Waals surface area (Å²) >= 11 is 0. The lowest BCUT2D eigenvalue weighted by Crippen LogP contribution is -2.17. The molecular weight excluding hydrogens is 186 g/mol. The van der Waals surface area contributed by atoms with Crippen molar-refractivity contribution in [1.82, 2.24) is 9.97 Å². The van der Waals surface area contributed by atoms with E-state index < -0.39 is 0 Å². The molecule has 0 aliphatic heterocycles. The van der Waals surface area contributed by atoms with E-state index in [0.717, 1.165) is 17.9 Å². The molecule has 1 heterocycles. The van der Waals surface area contributed by atoms with E-state index in [1.807, 2.05) is 12.2 Å². The van der Waals surface area contributed by atoms with E-state index in [1.165, 1.54) is 0 Å². The molecule has 0 spiro atoms. The standard InChI is InChI=1S/C12H19N3/c1-5-6-7-10-9(13)8-14-11(15-10)12(2,3)4/h6-8H,5,13H2,1-4H3. The highest BCUT2D eigenvalue weighted by Gasteiger charge is 2.17. The van der Waals surface area contributed by atoms with Crippen LogP contribution in [-0.4, -0.2) is 9.97 Å². The summed E-state index contributed by atoms with van der Waals surface area (Å²) in [4.78, 5) is 8.71. The van der Waals surface area contributed by atoms with Gasteiger partial charge in [-0.05, 0) is 12.5 Å². The predicted molar refractivity (Wildman–Crippen MR) is 64.5 cm³/mol. The number of nitrogen functional groups attached to an aromatic ring is 1. The summed E-state index contributed by atoms with van der Waals surface area (Å²) in [6.07, 6.45) is 6.66. The molecule has 0 aliphatic carbocycles. The fraction of sp³-hybridized carbons (Fsp3) is 0.500. The van der Waals surface area contributed by atoms with E-state index in [0.29, 0.717) is 5.69 Å². The molecular formula is C12H19N3. The van der Waals surface area contributed by atoms with Crippen molar-refractivity contribution >= 4 is 11.8 Å². The van der Waals surface area contributed by atoms with Crippen LogP contribution in [0.1, 0.15) is 45.6 Å². The van der Waals surface area contributed by atoms with Crippen LogP contribution in [0.3, 0.4) is 0 Å². The Kier molecular flexibility index (Phi) is 3.45. The van der Waals surface area contributed by atoms with Gasteiger partial charge in [-0.3, -0.25) is 0 Å². The van der Waals surface area contributed by atoms with Gasteiger partial charge in [-0.1, -0.05) is 33.8 Å². The summed E-state index contributed by atoms with van der Waals surface area (Å²) in [5, 5.41) is 0. The molecule has 0 unspecified atom stereocenters. The number of hydrogen-bond donors (Lipinski definition) is 1. The highest BCUT2D eigenvalue weighted by molar-refractivity contribution is 5.59. The Bertz CT molecular complexity index is 362. The second-order valence-corrected chi connectivity index (χ2v) is 4.59. The molecule has 15 heavy (non-hydrogen) atoms. The minimum Gasteiger partial charge on any atom is -0.396 e. The molecule has 1 aromatic heterocycles. The highest BCUT2D eigenvalue weighted by Crippen LogP contribution is 2.20. The van der Waals surface area contributed by atoms with Crippen molar-refractivity contribution in [3.8, 4) is 0 Å². The first-order valence-corrected chi connectivity index (χ1v) is 5.24. The second kappa shape index (κ2) is 4.43. The van der Waals surface area contributed by atoms with Crippen LogP contribution in [0.25, 0.3) is 6.08 Å². The normalized spacial score (nSPS) is 12.3. The van der Waals surface area contributed by atoms with E-state index in [2.05, 4.69) is 37.7 Å². The zero-order chi connectivity index (χ0) is 11.5. The van der Waals surface area contributed by atoms with Gasteiger partial charge in [0.15, 0.2) is 0 Å². The monoisotopic (exact) mass is 205 g/mol. The third kappa shape index (κ3) is 3.05. The Balaban J connectivity index is 3.11. The molecule has 1 aromatic rings. The summed E-state index contributed by atoms with van der Waals surface area (Å²) in [6.45, 7) is 8.35. The van der Waals surface area contributed by atoms with E-state index in [1.54, 1.807) is 6.20 Å². The van der Waals surface area contributed by atoms with Crippen molar-refractivity contribution in [1.29, 1.82) is 0 Å². The third-order valence-corrected chi connectivity index (χ3v) is 2.03. The van der Waals surface area contributed by atoms with Crippen molar-refractivity contribution < 1.29 is 0 Å². The van der Waals surface area contributed by atoms with Crippen molar-refractivity contribution in [3.63, 3.8) is 0 Å². The molecule has 82 valence electrons. The number of aromatic nitrogens is 2. The number of rotatable bonds is 2. The molecule has 0 saturated carbocycles. The lowest BCUT2D eigenvalue weighted by Gasteiger charge is -2.16. The maximum atomic E-state index is 5.80. The van der Waals surface area contributed by atoms with Crippen LogP contribution in [0.2, 0.25) is 0 Å². The summed E-state index contributed by atoms with van der Waals surface area (Å²) in [5.41, 5.74) is 7.21. The molecule has 0 aliphatic rings. The van der Waals surface area contributed by atoms with Gasteiger partial charge in [-0.15, -0.1) is 0 Å². The molecule has 0 radical (unpaired) electrons. The predicted octanol–water partition coefficient (Wildman–Crippen LogP) is 2.78. The molecule has 3 heteroatoms. The van der Waals surface area contributed by atoms with E-state index >= 15 is 0 Å². The lowest BCUT2D eigenvalue weighted by atomic mass is 9.95. The Labute approximate surface area is 91.4 Å². The Morgan fingerprint density at radius 3 is 2.60 bits per heavy atom. The smallest absolute Gasteiger partial charge is 0.134 e. The highest BCUT2D eigenvalue weighted by atomic mass is 14.9. The largest absolute Gasteiger partial charge is 0.396 e. The summed E-state index contributed by atoms with van der Waals surface area (Å²) in [6, 6.07) is 0. The number of allylic oxidation sites excluding steroid dienone is 1. The van der Waals surface area contributed by atoms with Crippen molar-refractivity contribution in [2.24, 2.45) is 0 Å². The number of nitrogens with zero attached hydrogens (tertiary/aromatic N) is 2. The van der Waals surface area contributed by atoms with Crippen LogP contribution in [0, 0.1) is 0 Å². The maximum Gasteiger partial charge on any atom is 0.134 e. The van der Waals surface area contributed by atoms with Crippen LogP contribution in [0.4, 0.5) is 5.69 Å². The number of hydrogen-bond acceptors (Lipinski definition) is 3. The van der Waals surface area contributed by atoms with Gasteiger partial charge < -0.3 is 5.73 Å².